The zero-order valence-electron chi connectivity index (χ0n) is 10.6. The van der Waals surface area contributed by atoms with Crippen LogP contribution in [0.2, 0.25) is 0 Å². The second kappa shape index (κ2) is 5.58. The largest absolute Gasteiger partial charge is 0.375 e. The normalized spacial score (nSPS) is 10.6. The number of anilines is 1. The molecule has 1 N–H and O–H groups in total. The summed E-state index contributed by atoms with van der Waals surface area (Å²) in [5.74, 6) is 0.0637. The van der Waals surface area contributed by atoms with Crippen LogP contribution >= 0.6 is 22.9 Å². The van der Waals surface area contributed by atoms with Crippen LogP contribution in [-0.4, -0.2) is 21.7 Å². The number of carbonyl (C=O) groups is 1. The van der Waals surface area contributed by atoms with Gasteiger partial charge in [-0.15, -0.1) is 11.3 Å². The van der Waals surface area contributed by atoms with Crippen molar-refractivity contribution in [2.75, 3.05) is 11.9 Å². The van der Waals surface area contributed by atoms with Crippen molar-refractivity contribution in [2.45, 2.75) is 27.2 Å². The summed E-state index contributed by atoms with van der Waals surface area (Å²) in [6.07, 6.45) is 0.868. The van der Waals surface area contributed by atoms with Crippen LogP contribution in [-0.2, 0) is 6.42 Å². The van der Waals surface area contributed by atoms with Crippen molar-refractivity contribution in [1.29, 1.82) is 0 Å². The van der Waals surface area contributed by atoms with E-state index in [2.05, 4.69) is 14.7 Å². The molecule has 0 aliphatic rings. The summed E-state index contributed by atoms with van der Waals surface area (Å²) in [6.45, 7) is 6.21. The molecule has 2 aromatic heterocycles. The minimum Gasteiger partial charge on any atom is -0.375 e. The molecule has 96 valence electrons. The second-order valence-electron chi connectivity index (χ2n) is 4.09. The average molecular weight is 281 g/mol. The predicted molar refractivity (Wildman–Crippen MR) is 75.9 cm³/mol. The first-order chi connectivity index (χ1) is 8.58. The molecule has 18 heavy (non-hydrogen) atoms. The molecule has 2 heterocycles. The first kappa shape index (κ1) is 13.2. The SMILES string of the molecule is CC(=O)c1c(C)nsc1NCCc1nc(C)cs1. The summed E-state index contributed by atoms with van der Waals surface area (Å²) < 4.78 is 4.21. The lowest BCUT2D eigenvalue weighted by atomic mass is 10.2. The fraction of sp³-hybridized carbons (Fsp3) is 0.417. The van der Waals surface area contributed by atoms with Crippen molar-refractivity contribution in [3.8, 4) is 0 Å². The highest BCUT2D eigenvalue weighted by Gasteiger charge is 2.14. The maximum Gasteiger partial charge on any atom is 0.164 e. The third-order valence-corrected chi connectivity index (χ3v) is 4.43. The first-order valence-corrected chi connectivity index (χ1v) is 7.35. The molecule has 0 aliphatic heterocycles. The van der Waals surface area contributed by atoms with Gasteiger partial charge in [0.1, 0.15) is 5.00 Å². The zero-order chi connectivity index (χ0) is 13.1. The van der Waals surface area contributed by atoms with Crippen LogP contribution in [0.1, 0.15) is 33.7 Å². The van der Waals surface area contributed by atoms with Gasteiger partial charge in [-0.2, -0.15) is 4.37 Å². The van der Waals surface area contributed by atoms with Crippen LogP contribution in [0, 0.1) is 13.8 Å². The molecule has 2 rings (SSSR count). The number of rotatable bonds is 5. The highest BCUT2D eigenvalue weighted by molar-refractivity contribution is 7.10. The van der Waals surface area contributed by atoms with E-state index in [-0.39, 0.29) is 5.78 Å². The van der Waals surface area contributed by atoms with Crippen molar-refractivity contribution in [3.63, 3.8) is 0 Å². The Kier molecular flexibility index (Phi) is 4.08. The Bertz CT molecular complexity index is 559. The number of hydrogen-bond donors (Lipinski definition) is 1. The van der Waals surface area contributed by atoms with Crippen molar-refractivity contribution < 1.29 is 4.79 Å². The molecule has 6 heteroatoms. The number of thiazole rings is 1. The van der Waals surface area contributed by atoms with Gasteiger partial charge in [-0.05, 0) is 32.3 Å². The Morgan fingerprint density at radius 1 is 1.44 bits per heavy atom. The summed E-state index contributed by atoms with van der Waals surface area (Å²) in [4.78, 5) is 15.9. The Morgan fingerprint density at radius 3 is 2.83 bits per heavy atom. The number of hydrogen-bond acceptors (Lipinski definition) is 6. The van der Waals surface area contributed by atoms with Crippen LogP contribution in [0.25, 0.3) is 0 Å². The summed E-state index contributed by atoms with van der Waals surface area (Å²) in [5, 5.41) is 7.31. The smallest absolute Gasteiger partial charge is 0.164 e. The number of carbonyl (C=O) groups excluding carboxylic acids is 1. The summed E-state index contributed by atoms with van der Waals surface area (Å²) in [7, 11) is 0. The lowest BCUT2D eigenvalue weighted by Gasteiger charge is -2.03. The topological polar surface area (TPSA) is 54.9 Å². The molecule has 0 saturated carbocycles. The van der Waals surface area contributed by atoms with E-state index in [4.69, 9.17) is 0 Å². The maximum atomic E-state index is 11.5. The quantitative estimate of drug-likeness (QED) is 0.856. The third-order valence-electron chi connectivity index (χ3n) is 2.51. The second-order valence-corrected chi connectivity index (χ2v) is 5.80. The van der Waals surface area contributed by atoms with Crippen LogP contribution in [0.3, 0.4) is 0 Å². The molecule has 0 amide bonds. The van der Waals surface area contributed by atoms with Gasteiger partial charge < -0.3 is 5.32 Å². The molecule has 4 nitrogen and oxygen atoms in total. The Balaban J connectivity index is 1.96. The molecule has 0 unspecified atom stereocenters. The van der Waals surface area contributed by atoms with Gasteiger partial charge >= 0.3 is 0 Å². The van der Waals surface area contributed by atoms with Gasteiger partial charge in [0.15, 0.2) is 5.78 Å². The molecule has 0 aromatic carbocycles. The van der Waals surface area contributed by atoms with Crippen LogP contribution in [0.15, 0.2) is 5.38 Å². The van der Waals surface area contributed by atoms with Gasteiger partial charge in [0.2, 0.25) is 0 Å². The fourth-order valence-electron chi connectivity index (χ4n) is 1.71. The van der Waals surface area contributed by atoms with Gasteiger partial charge in [0.05, 0.1) is 16.3 Å². The van der Waals surface area contributed by atoms with Crippen LogP contribution in [0.5, 0.6) is 0 Å². The molecule has 0 saturated heterocycles. The van der Waals surface area contributed by atoms with E-state index in [1.165, 1.54) is 11.5 Å². The minimum absolute atomic E-state index is 0.0637. The van der Waals surface area contributed by atoms with Crippen molar-refractivity contribution in [2.24, 2.45) is 0 Å². The van der Waals surface area contributed by atoms with E-state index in [1.807, 2.05) is 19.2 Å². The van der Waals surface area contributed by atoms with Crippen LogP contribution in [0.4, 0.5) is 5.00 Å². The summed E-state index contributed by atoms with van der Waals surface area (Å²) in [6, 6.07) is 0. The monoisotopic (exact) mass is 281 g/mol. The van der Waals surface area contributed by atoms with E-state index in [0.29, 0.717) is 0 Å². The molecule has 0 radical (unpaired) electrons. The number of aromatic nitrogens is 2. The molecule has 0 fully saturated rings. The number of ketones is 1. The third kappa shape index (κ3) is 2.94. The number of nitrogens with zero attached hydrogens (tertiary/aromatic N) is 2. The van der Waals surface area contributed by atoms with Crippen molar-refractivity contribution in [1.82, 2.24) is 9.36 Å². The number of aryl methyl sites for hydroxylation is 2. The number of Topliss-reactive ketones (excluding diaryl/α,β-unsaturated/α-hetero) is 1. The van der Waals surface area contributed by atoms with E-state index in [9.17, 15) is 4.79 Å². The van der Waals surface area contributed by atoms with E-state index in [0.717, 1.165) is 39.9 Å². The maximum absolute atomic E-state index is 11.5. The van der Waals surface area contributed by atoms with Gasteiger partial charge in [-0.25, -0.2) is 4.98 Å². The fourth-order valence-corrected chi connectivity index (χ4v) is 3.35. The van der Waals surface area contributed by atoms with E-state index >= 15 is 0 Å². The van der Waals surface area contributed by atoms with Crippen molar-refractivity contribution >= 4 is 33.7 Å². The molecule has 2 aromatic rings. The summed E-state index contributed by atoms with van der Waals surface area (Å²) >= 11 is 3.02. The standard InChI is InChI=1S/C12H15N3OS2/c1-7-6-17-10(14-7)4-5-13-12-11(9(3)16)8(2)15-18-12/h6,13H,4-5H2,1-3H3. The molecule has 0 atom stereocenters. The van der Waals surface area contributed by atoms with E-state index < -0.39 is 0 Å². The highest BCUT2D eigenvalue weighted by atomic mass is 32.1. The Morgan fingerprint density at radius 2 is 2.22 bits per heavy atom. The van der Waals surface area contributed by atoms with E-state index in [1.54, 1.807) is 18.3 Å². The van der Waals surface area contributed by atoms with Gasteiger partial charge in [0.25, 0.3) is 0 Å². The lowest BCUT2D eigenvalue weighted by Crippen LogP contribution is -2.07. The van der Waals surface area contributed by atoms with Gasteiger partial charge in [0, 0.05) is 24.0 Å². The van der Waals surface area contributed by atoms with Gasteiger partial charge in [-0.1, -0.05) is 0 Å². The molecule has 0 bridgehead atoms. The highest BCUT2D eigenvalue weighted by Crippen LogP contribution is 2.24. The minimum atomic E-state index is 0.0637. The first-order valence-electron chi connectivity index (χ1n) is 5.70. The molecular weight excluding hydrogens is 266 g/mol. The summed E-state index contributed by atoms with van der Waals surface area (Å²) in [5.41, 5.74) is 2.59. The lowest BCUT2D eigenvalue weighted by molar-refractivity contribution is 0.101. The average Bonchev–Trinajstić information content (AvgIpc) is 2.86. The number of nitrogens with one attached hydrogen (secondary N) is 1. The molecule has 0 aliphatic carbocycles. The zero-order valence-corrected chi connectivity index (χ0v) is 12.2. The van der Waals surface area contributed by atoms with Gasteiger partial charge in [-0.3, -0.25) is 4.79 Å². The Hall–Kier alpha value is -1.27. The van der Waals surface area contributed by atoms with Crippen LogP contribution < -0.4 is 5.32 Å². The Labute approximate surface area is 114 Å². The molecular formula is C12H15N3OS2. The predicted octanol–water partition coefficient (Wildman–Crippen LogP) is 3.07. The van der Waals surface area contributed by atoms with Crippen molar-refractivity contribution in [3.05, 3.63) is 27.3 Å². The molecule has 0 spiro atoms.